The SMILES string of the molecule is O=C(Nc1ccc(-n2cncn2)c(F)c1)C1CCN(S(=O)(=O)/C=C/c2ccccc2)CC1. The number of anilines is 1. The summed E-state index contributed by atoms with van der Waals surface area (Å²) in [5.74, 6) is -1.15. The summed E-state index contributed by atoms with van der Waals surface area (Å²) >= 11 is 0. The number of carbonyl (C=O) groups is 1. The van der Waals surface area contributed by atoms with Crippen molar-refractivity contribution in [3.63, 3.8) is 0 Å². The summed E-state index contributed by atoms with van der Waals surface area (Å²) < 4.78 is 42.2. The average Bonchev–Trinajstić information content (AvgIpc) is 3.33. The second-order valence-electron chi connectivity index (χ2n) is 7.43. The van der Waals surface area contributed by atoms with Crippen LogP contribution in [0, 0.1) is 11.7 Å². The summed E-state index contributed by atoms with van der Waals surface area (Å²) in [4.78, 5) is 16.4. The van der Waals surface area contributed by atoms with Gasteiger partial charge in [0.15, 0.2) is 5.82 Å². The zero-order chi connectivity index (χ0) is 22.6. The van der Waals surface area contributed by atoms with Gasteiger partial charge in [0.25, 0.3) is 0 Å². The summed E-state index contributed by atoms with van der Waals surface area (Å²) in [6.45, 7) is 0.498. The number of benzene rings is 2. The Morgan fingerprint density at radius 1 is 1.12 bits per heavy atom. The van der Waals surface area contributed by atoms with Crippen LogP contribution in [0.25, 0.3) is 11.8 Å². The first-order chi connectivity index (χ1) is 15.4. The van der Waals surface area contributed by atoms with Crippen molar-refractivity contribution >= 4 is 27.7 Å². The molecule has 3 aromatic rings. The lowest BCUT2D eigenvalue weighted by Gasteiger charge is -2.29. The molecule has 0 atom stereocenters. The highest BCUT2D eigenvalue weighted by molar-refractivity contribution is 7.92. The van der Waals surface area contributed by atoms with Gasteiger partial charge in [0, 0.05) is 30.1 Å². The Balaban J connectivity index is 1.33. The number of hydrogen-bond donors (Lipinski definition) is 1. The molecule has 1 amide bonds. The number of hydrogen-bond acceptors (Lipinski definition) is 5. The van der Waals surface area contributed by atoms with Crippen molar-refractivity contribution in [2.24, 2.45) is 5.92 Å². The predicted molar refractivity (Wildman–Crippen MR) is 119 cm³/mol. The Morgan fingerprint density at radius 3 is 2.53 bits per heavy atom. The van der Waals surface area contributed by atoms with Crippen molar-refractivity contribution in [1.82, 2.24) is 19.1 Å². The van der Waals surface area contributed by atoms with Crippen molar-refractivity contribution < 1.29 is 17.6 Å². The lowest BCUT2D eigenvalue weighted by molar-refractivity contribution is -0.120. The van der Waals surface area contributed by atoms with Gasteiger partial charge < -0.3 is 5.32 Å². The summed E-state index contributed by atoms with van der Waals surface area (Å²) in [6, 6.07) is 13.5. The number of nitrogens with zero attached hydrogens (tertiary/aromatic N) is 4. The molecule has 10 heteroatoms. The van der Waals surface area contributed by atoms with Crippen LogP contribution in [0.15, 0.2) is 66.6 Å². The molecule has 2 heterocycles. The molecule has 0 saturated carbocycles. The van der Waals surface area contributed by atoms with Crippen LogP contribution in [0.1, 0.15) is 18.4 Å². The minimum absolute atomic E-state index is 0.225. The highest BCUT2D eigenvalue weighted by atomic mass is 32.2. The molecule has 1 fully saturated rings. The van der Waals surface area contributed by atoms with E-state index in [4.69, 9.17) is 0 Å². The van der Waals surface area contributed by atoms with E-state index in [1.54, 1.807) is 12.1 Å². The lowest BCUT2D eigenvalue weighted by Crippen LogP contribution is -2.40. The summed E-state index contributed by atoms with van der Waals surface area (Å²) in [6.07, 6.45) is 5.03. The van der Waals surface area contributed by atoms with E-state index in [0.29, 0.717) is 18.5 Å². The Hall–Kier alpha value is -3.37. The standard InChI is InChI=1S/C22H22FN5O3S/c23-20-14-19(6-7-21(20)28-16-24-15-25-28)26-22(29)18-8-11-27(12-9-18)32(30,31)13-10-17-4-2-1-3-5-17/h1-7,10,13-16,18H,8-9,11-12H2,(H,26,29)/b13-10+. The number of aromatic nitrogens is 3. The molecule has 0 spiro atoms. The maximum atomic E-state index is 14.4. The maximum Gasteiger partial charge on any atom is 0.236 e. The third kappa shape index (κ3) is 5.09. The number of carbonyl (C=O) groups excluding carboxylic acids is 1. The fraction of sp³-hybridized carbons (Fsp3) is 0.227. The van der Waals surface area contributed by atoms with Crippen LogP contribution < -0.4 is 5.32 Å². The monoisotopic (exact) mass is 455 g/mol. The smallest absolute Gasteiger partial charge is 0.236 e. The second-order valence-corrected chi connectivity index (χ2v) is 9.25. The fourth-order valence-electron chi connectivity index (χ4n) is 3.53. The van der Waals surface area contributed by atoms with Gasteiger partial charge in [-0.15, -0.1) is 0 Å². The van der Waals surface area contributed by atoms with Gasteiger partial charge in [-0.2, -0.15) is 9.40 Å². The molecular weight excluding hydrogens is 433 g/mol. The fourth-order valence-corrected chi connectivity index (χ4v) is 4.76. The molecule has 0 aliphatic carbocycles. The largest absolute Gasteiger partial charge is 0.326 e. The molecule has 1 saturated heterocycles. The van der Waals surface area contributed by atoms with Gasteiger partial charge in [0.2, 0.25) is 15.9 Å². The third-order valence-corrected chi connectivity index (χ3v) is 6.86. The van der Waals surface area contributed by atoms with Crippen LogP contribution in [0.4, 0.5) is 10.1 Å². The molecule has 1 aliphatic rings. The van der Waals surface area contributed by atoms with Gasteiger partial charge in [0.1, 0.15) is 18.3 Å². The number of amides is 1. The van der Waals surface area contributed by atoms with Gasteiger partial charge in [-0.3, -0.25) is 4.79 Å². The van der Waals surface area contributed by atoms with E-state index in [0.717, 1.165) is 5.56 Å². The van der Waals surface area contributed by atoms with Gasteiger partial charge in [-0.25, -0.2) is 22.5 Å². The van der Waals surface area contributed by atoms with E-state index in [1.165, 1.54) is 39.2 Å². The molecular formula is C22H22FN5O3S. The average molecular weight is 456 g/mol. The van der Waals surface area contributed by atoms with Gasteiger partial charge in [-0.1, -0.05) is 30.3 Å². The van der Waals surface area contributed by atoms with Crippen molar-refractivity contribution in [2.45, 2.75) is 12.8 Å². The van der Waals surface area contributed by atoms with Crippen LogP contribution in [-0.2, 0) is 14.8 Å². The van der Waals surface area contributed by atoms with Crippen LogP contribution >= 0.6 is 0 Å². The maximum absolute atomic E-state index is 14.4. The van der Waals surface area contributed by atoms with E-state index in [2.05, 4.69) is 15.4 Å². The first-order valence-electron chi connectivity index (χ1n) is 10.1. The van der Waals surface area contributed by atoms with E-state index in [9.17, 15) is 17.6 Å². The molecule has 4 rings (SSSR count). The summed E-state index contributed by atoms with van der Waals surface area (Å²) in [7, 11) is -3.56. The van der Waals surface area contributed by atoms with E-state index < -0.39 is 15.8 Å². The molecule has 2 aromatic carbocycles. The Bertz CT molecular complexity index is 1210. The van der Waals surface area contributed by atoms with Crippen LogP contribution in [0.2, 0.25) is 0 Å². The van der Waals surface area contributed by atoms with Crippen molar-refractivity contribution in [2.75, 3.05) is 18.4 Å². The molecule has 8 nitrogen and oxygen atoms in total. The Morgan fingerprint density at radius 2 is 1.88 bits per heavy atom. The minimum Gasteiger partial charge on any atom is -0.326 e. The highest BCUT2D eigenvalue weighted by Crippen LogP contribution is 2.23. The van der Waals surface area contributed by atoms with Crippen molar-refractivity contribution in [1.29, 1.82) is 0 Å². The topological polar surface area (TPSA) is 97.2 Å². The zero-order valence-electron chi connectivity index (χ0n) is 17.1. The molecule has 0 radical (unpaired) electrons. The van der Waals surface area contributed by atoms with Gasteiger partial charge >= 0.3 is 0 Å². The van der Waals surface area contributed by atoms with Crippen LogP contribution in [0.3, 0.4) is 0 Å². The summed E-state index contributed by atoms with van der Waals surface area (Å²) in [5.41, 5.74) is 1.35. The normalized spacial score (nSPS) is 15.8. The molecule has 166 valence electrons. The molecule has 0 unspecified atom stereocenters. The lowest BCUT2D eigenvalue weighted by atomic mass is 9.97. The number of sulfonamides is 1. The number of piperidine rings is 1. The number of rotatable bonds is 6. The van der Waals surface area contributed by atoms with E-state index >= 15 is 0 Å². The van der Waals surface area contributed by atoms with E-state index in [1.807, 2.05) is 30.3 Å². The first-order valence-corrected chi connectivity index (χ1v) is 11.6. The van der Waals surface area contributed by atoms with Gasteiger partial charge in [0.05, 0.1) is 0 Å². The minimum atomic E-state index is -3.56. The quantitative estimate of drug-likeness (QED) is 0.616. The Labute approximate surface area is 185 Å². The molecule has 1 N–H and O–H groups in total. The molecule has 1 aliphatic heterocycles. The second kappa shape index (κ2) is 9.41. The summed E-state index contributed by atoms with van der Waals surface area (Å²) in [5, 5.41) is 7.80. The number of nitrogens with one attached hydrogen (secondary N) is 1. The van der Waals surface area contributed by atoms with Crippen LogP contribution in [-0.4, -0.2) is 46.5 Å². The Kier molecular flexibility index (Phi) is 6.42. The highest BCUT2D eigenvalue weighted by Gasteiger charge is 2.30. The third-order valence-electron chi connectivity index (χ3n) is 5.30. The van der Waals surface area contributed by atoms with Crippen LogP contribution in [0.5, 0.6) is 0 Å². The first kappa shape index (κ1) is 21.8. The van der Waals surface area contributed by atoms with Gasteiger partial charge in [-0.05, 0) is 42.7 Å². The van der Waals surface area contributed by atoms with E-state index in [-0.39, 0.29) is 30.6 Å². The van der Waals surface area contributed by atoms with Crippen molar-refractivity contribution in [3.8, 4) is 5.69 Å². The molecule has 1 aromatic heterocycles. The zero-order valence-corrected chi connectivity index (χ0v) is 18.0. The molecule has 0 bridgehead atoms. The van der Waals surface area contributed by atoms with Crippen molar-refractivity contribution in [3.05, 3.63) is 78.0 Å². The molecule has 32 heavy (non-hydrogen) atoms. The predicted octanol–water partition coefficient (Wildman–Crippen LogP) is 3.06. The number of halogens is 1.